The maximum Gasteiger partial charge on any atom is 0.243 e. The van der Waals surface area contributed by atoms with E-state index in [4.69, 9.17) is 5.73 Å². The summed E-state index contributed by atoms with van der Waals surface area (Å²) in [6.07, 6.45) is 2.18. The van der Waals surface area contributed by atoms with Crippen LogP contribution in [0.4, 0.5) is 0 Å². The number of carbonyl (C=O) groups is 1. The largest absolute Gasteiger partial charge is 0.358 e. The number of nitrogens with zero attached hydrogens (tertiary/aromatic N) is 1. The van der Waals surface area contributed by atoms with Gasteiger partial charge in [-0.25, -0.2) is 8.42 Å². The molecule has 1 unspecified atom stereocenters. The molecule has 0 bridgehead atoms. The molecule has 1 aliphatic rings. The first-order valence-corrected chi connectivity index (χ1v) is 8.47. The van der Waals surface area contributed by atoms with Crippen LogP contribution in [0.2, 0.25) is 0 Å². The second-order valence-electron chi connectivity index (χ2n) is 5.09. The molecule has 21 heavy (non-hydrogen) atoms. The highest BCUT2D eigenvalue weighted by Crippen LogP contribution is 2.25. The van der Waals surface area contributed by atoms with Gasteiger partial charge in [-0.15, -0.1) is 0 Å². The van der Waals surface area contributed by atoms with E-state index in [0.29, 0.717) is 19.5 Å². The average molecular weight is 311 g/mol. The van der Waals surface area contributed by atoms with E-state index < -0.39 is 16.1 Å². The molecule has 1 aliphatic heterocycles. The van der Waals surface area contributed by atoms with Crippen LogP contribution < -0.4 is 11.1 Å². The summed E-state index contributed by atoms with van der Waals surface area (Å²) in [6.45, 7) is 0.740. The Bertz CT molecular complexity index is 598. The van der Waals surface area contributed by atoms with Gasteiger partial charge in [0.1, 0.15) is 6.04 Å². The number of amides is 1. The second kappa shape index (κ2) is 6.55. The molecule has 7 heteroatoms. The van der Waals surface area contributed by atoms with Crippen molar-refractivity contribution in [1.82, 2.24) is 9.62 Å². The third-order valence-corrected chi connectivity index (χ3v) is 5.69. The zero-order chi connectivity index (χ0) is 15.5. The Labute approximate surface area is 125 Å². The van der Waals surface area contributed by atoms with Gasteiger partial charge in [-0.05, 0) is 30.5 Å². The van der Waals surface area contributed by atoms with Crippen LogP contribution in [-0.4, -0.2) is 38.3 Å². The molecule has 1 aromatic rings. The normalized spacial score (nSPS) is 20.2. The van der Waals surface area contributed by atoms with Crippen molar-refractivity contribution in [2.45, 2.75) is 36.7 Å². The van der Waals surface area contributed by atoms with E-state index in [0.717, 1.165) is 18.4 Å². The van der Waals surface area contributed by atoms with Gasteiger partial charge in [-0.1, -0.05) is 18.6 Å². The monoisotopic (exact) mass is 311 g/mol. The minimum atomic E-state index is -3.66. The number of hydrogen-bond donors (Lipinski definition) is 2. The molecule has 1 saturated heterocycles. The smallest absolute Gasteiger partial charge is 0.243 e. The molecule has 0 saturated carbocycles. The second-order valence-corrected chi connectivity index (χ2v) is 6.98. The maximum atomic E-state index is 12.7. The van der Waals surface area contributed by atoms with Crippen molar-refractivity contribution >= 4 is 15.9 Å². The zero-order valence-electron chi connectivity index (χ0n) is 12.1. The molecule has 2 rings (SSSR count). The summed E-state index contributed by atoms with van der Waals surface area (Å²) >= 11 is 0. The van der Waals surface area contributed by atoms with Crippen molar-refractivity contribution in [2.75, 3.05) is 13.6 Å². The standard InChI is InChI=1S/C14H21N3O3S/c1-16-14(18)13-4-2-3-9-17(13)21(19,20)12-7-5-11(10-15)6-8-12/h5-8,13H,2-4,9-10,15H2,1H3,(H,16,18). The summed E-state index contributed by atoms with van der Waals surface area (Å²) in [6, 6.07) is 5.88. The molecular weight excluding hydrogens is 290 g/mol. The van der Waals surface area contributed by atoms with Crippen molar-refractivity contribution in [1.29, 1.82) is 0 Å². The van der Waals surface area contributed by atoms with Gasteiger partial charge in [0.15, 0.2) is 0 Å². The number of hydrogen-bond acceptors (Lipinski definition) is 4. The molecule has 1 atom stereocenters. The Morgan fingerprint density at radius 1 is 1.33 bits per heavy atom. The number of benzene rings is 1. The van der Waals surface area contributed by atoms with Crippen molar-refractivity contribution in [2.24, 2.45) is 5.73 Å². The summed E-state index contributed by atoms with van der Waals surface area (Å²) in [5.41, 5.74) is 6.39. The fraction of sp³-hybridized carbons (Fsp3) is 0.500. The summed E-state index contributed by atoms with van der Waals surface area (Å²) in [5, 5.41) is 2.54. The van der Waals surface area contributed by atoms with Gasteiger partial charge < -0.3 is 11.1 Å². The first-order valence-electron chi connectivity index (χ1n) is 7.03. The van der Waals surface area contributed by atoms with Crippen LogP contribution in [0, 0.1) is 0 Å². The van der Waals surface area contributed by atoms with Crippen LogP contribution in [0.5, 0.6) is 0 Å². The van der Waals surface area contributed by atoms with Gasteiger partial charge in [0.25, 0.3) is 0 Å². The summed E-state index contributed by atoms with van der Waals surface area (Å²) in [7, 11) is -2.13. The highest BCUT2D eigenvalue weighted by Gasteiger charge is 2.37. The van der Waals surface area contributed by atoms with Crippen LogP contribution in [0.1, 0.15) is 24.8 Å². The lowest BCUT2D eigenvalue weighted by molar-refractivity contribution is -0.125. The predicted molar refractivity (Wildman–Crippen MR) is 79.9 cm³/mol. The summed E-state index contributed by atoms with van der Waals surface area (Å²) < 4.78 is 26.8. The number of nitrogens with one attached hydrogen (secondary N) is 1. The van der Waals surface area contributed by atoms with Crippen molar-refractivity contribution < 1.29 is 13.2 Å². The lowest BCUT2D eigenvalue weighted by atomic mass is 10.0. The summed E-state index contributed by atoms with van der Waals surface area (Å²) in [4.78, 5) is 12.1. The van der Waals surface area contributed by atoms with Gasteiger partial charge >= 0.3 is 0 Å². The van der Waals surface area contributed by atoms with E-state index in [2.05, 4.69) is 5.32 Å². The molecule has 0 aliphatic carbocycles. The Hall–Kier alpha value is -1.44. The fourth-order valence-electron chi connectivity index (χ4n) is 2.55. The minimum Gasteiger partial charge on any atom is -0.358 e. The van der Waals surface area contributed by atoms with Crippen LogP contribution >= 0.6 is 0 Å². The number of nitrogens with two attached hydrogens (primary N) is 1. The number of sulfonamides is 1. The van der Waals surface area contributed by atoms with Crippen LogP contribution in [0.3, 0.4) is 0 Å². The molecule has 1 heterocycles. The van der Waals surface area contributed by atoms with E-state index in [-0.39, 0.29) is 10.8 Å². The molecular formula is C14H21N3O3S. The highest BCUT2D eigenvalue weighted by molar-refractivity contribution is 7.89. The third-order valence-electron chi connectivity index (χ3n) is 3.77. The number of piperidine rings is 1. The van der Waals surface area contributed by atoms with E-state index in [1.165, 1.54) is 11.4 Å². The van der Waals surface area contributed by atoms with E-state index in [1.807, 2.05) is 0 Å². The lowest BCUT2D eigenvalue weighted by Crippen LogP contribution is -2.51. The Morgan fingerprint density at radius 3 is 2.57 bits per heavy atom. The van der Waals surface area contributed by atoms with Gasteiger partial charge in [-0.2, -0.15) is 4.31 Å². The van der Waals surface area contributed by atoms with E-state index in [9.17, 15) is 13.2 Å². The van der Waals surface area contributed by atoms with Gasteiger partial charge in [0, 0.05) is 20.1 Å². The van der Waals surface area contributed by atoms with Crippen molar-refractivity contribution in [3.63, 3.8) is 0 Å². The average Bonchev–Trinajstić information content (AvgIpc) is 2.54. The number of likely N-dealkylation sites (N-methyl/N-ethyl adjacent to an activating group) is 1. The molecule has 6 nitrogen and oxygen atoms in total. The third kappa shape index (κ3) is 3.25. The van der Waals surface area contributed by atoms with Crippen molar-refractivity contribution in [3.05, 3.63) is 29.8 Å². The molecule has 116 valence electrons. The molecule has 0 radical (unpaired) electrons. The van der Waals surface area contributed by atoms with E-state index in [1.54, 1.807) is 24.3 Å². The predicted octanol–water partition coefficient (Wildman–Crippen LogP) is 0.435. The maximum absolute atomic E-state index is 12.7. The highest BCUT2D eigenvalue weighted by atomic mass is 32.2. The van der Waals surface area contributed by atoms with E-state index >= 15 is 0 Å². The SMILES string of the molecule is CNC(=O)C1CCCCN1S(=O)(=O)c1ccc(CN)cc1. The quantitative estimate of drug-likeness (QED) is 0.843. The first-order chi connectivity index (χ1) is 10.0. The molecule has 0 spiro atoms. The molecule has 1 aromatic carbocycles. The number of rotatable bonds is 4. The van der Waals surface area contributed by atoms with Crippen LogP contribution in [0.15, 0.2) is 29.2 Å². The van der Waals surface area contributed by atoms with Gasteiger partial charge in [0.05, 0.1) is 4.90 Å². The Balaban J connectivity index is 2.33. The molecule has 0 aromatic heterocycles. The van der Waals surface area contributed by atoms with Gasteiger partial charge in [-0.3, -0.25) is 4.79 Å². The minimum absolute atomic E-state index is 0.204. The molecule has 1 fully saturated rings. The summed E-state index contributed by atoms with van der Waals surface area (Å²) in [5.74, 6) is -0.253. The zero-order valence-corrected chi connectivity index (χ0v) is 12.9. The fourth-order valence-corrected chi connectivity index (χ4v) is 4.21. The lowest BCUT2D eigenvalue weighted by Gasteiger charge is -2.33. The topological polar surface area (TPSA) is 92.5 Å². The van der Waals surface area contributed by atoms with Crippen LogP contribution in [-0.2, 0) is 21.4 Å². The Morgan fingerprint density at radius 2 is 2.00 bits per heavy atom. The Kier molecular flexibility index (Phi) is 4.97. The molecule has 3 N–H and O–H groups in total. The van der Waals surface area contributed by atoms with Crippen molar-refractivity contribution in [3.8, 4) is 0 Å². The first kappa shape index (κ1) is 15.9. The van der Waals surface area contributed by atoms with Gasteiger partial charge in [0.2, 0.25) is 15.9 Å². The molecule has 1 amide bonds. The van der Waals surface area contributed by atoms with Crippen LogP contribution in [0.25, 0.3) is 0 Å². The number of carbonyl (C=O) groups excluding carboxylic acids is 1.